The summed E-state index contributed by atoms with van der Waals surface area (Å²) in [6.45, 7) is 8.01. The molecule has 4 fully saturated rings. The van der Waals surface area contributed by atoms with E-state index in [9.17, 15) is 14.7 Å². The van der Waals surface area contributed by atoms with Gasteiger partial charge in [0.05, 0.1) is 30.9 Å². The molecule has 4 bridgehead atoms. The number of ether oxygens (including phenoxy) is 1. The Labute approximate surface area is 201 Å². The van der Waals surface area contributed by atoms with E-state index in [1.165, 1.54) is 18.0 Å². The molecule has 0 spiro atoms. The highest BCUT2D eigenvalue weighted by molar-refractivity contribution is 5.96. The second-order valence-corrected chi connectivity index (χ2v) is 11.4. The second kappa shape index (κ2) is 9.34. The Morgan fingerprint density at radius 3 is 2.56 bits per heavy atom. The fourth-order valence-electron chi connectivity index (χ4n) is 6.01. The molecule has 34 heavy (non-hydrogen) atoms. The predicted molar refractivity (Wildman–Crippen MR) is 127 cm³/mol. The van der Waals surface area contributed by atoms with Crippen LogP contribution in [0.2, 0.25) is 0 Å². The number of hydrogen-bond donors (Lipinski definition) is 3. The molecule has 2 atom stereocenters. The van der Waals surface area contributed by atoms with E-state index in [0.717, 1.165) is 32.1 Å². The van der Waals surface area contributed by atoms with Crippen LogP contribution in [0.5, 0.6) is 5.88 Å². The van der Waals surface area contributed by atoms with Crippen LogP contribution in [0.15, 0.2) is 12.3 Å². The van der Waals surface area contributed by atoms with Crippen LogP contribution < -0.4 is 15.5 Å². The molecule has 9 nitrogen and oxygen atoms in total. The average Bonchev–Trinajstić information content (AvgIpc) is 3.15. The maximum Gasteiger partial charge on any atom is 0.258 e. The van der Waals surface area contributed by atoms with Gasteiger partial charge >= 0.3 is 0 Å². The van der Waals surface area contributed by atoms with Crippen molar-refractivity contribution in [1.29, 1.82) is 0 Å². The van der Waals surface area contributed by atoms with Crippen LogP contribution in [0.3, 0.4) is 0 Å². The lowest BCUT2D eigenvalue weighted by molar-refractivity contribution is -0.137. The second-order valence-electron chi connectivity index (χ2n) is 11.4. The van der Waals surface area contributed by atoms with E-state index >= 15 is 0 Å². The third-order valence-electron chi connectivity index (χ3n) is 7.50. The van der Waals surface area contributed by atoms with Gasteiger partial charge in [-0.25, -0.2) is 10.2 Å². The van der Waals surface area contributed by atoms with E-state index in [1.54, 1.807) is 26.1 Å². The molecule has 4 aliphatic carbocycles. The summed E-state index contributed by atoms with van der Waals surface area (Å²) < 4.78 is 7.51. The minimum atomic E-state index is -0.861. The fourth-order valence-corrected chi connectivity index (χ4v) is 6.01. The number of hydroxylamine groups is 1. The SMILES string of the molecule is CONC(=O)C(C)(C)/C=C/n1ncc(C(=O)NC2C3CC4CC2CC(O)(C4)C3)c1OCC(C)C. The highest BCUT2D eigenvalue weighted by Gasteiger charge is 2.55. The summed E-state index contributed by atoms with van der Waals surface area (Å²) >= 11 is 0. The van der Waals surface area contributed by atoms with Gasteiger partial charge in [0, 0.05) is 12.2 Å². The Kier molecular flexibility index (Phi) is 6.79. The van der Waals surface area contributed by atoms with Gasteiger partial charge in [-0.2, -0.15) is 5.10 Å². The molecule has 0 aromatic carbocycles. The number of aliphatic hydroxyl groups is 1. The van der Waals surface area contributed by atoms with Gasteiger partial charge in [0.25, 0.3) is 11.8 Å². The topological polar surface area (TPSA) is 115 Å². The van der Waals surface area contributed by atoms with Crippen LogP contribution in [0.25, 0.3) is 6.20 Å². The first-order valence-electron chi connectivity index (χ1n) is 12.3. The Balaban J connectivity index is 1.53. The lowest BCUT2D eigenvalue weighted by Gasteiger charge is -2.58. The number of rotatable bonds is 9. The highest BCUT2D eigenvalue weighted by Crippen LogP contribution is 2.55. The summed E-state index contributed by atoms with van der Waals surface area (Å²) in [6.07, 6.45) is 9.43. The highest BCUT2D eigenvalue weighted by atomic mass is 16.6. The first-order chi connectivity index (χ1) is 16.0. The number of hydrogen-bond acceptors (Lipinski definition) is 6. The molecule has 2 unspecified atom stereocenters. The van der Waals surface area contributed by atoms with E-state index in [4.69, 9.17) is 9.57 Å². The molecular weight excluding hydrogens is 436 g/mol. The molecule has 0 saturated heterocycles. The van der Waals surface area contributed by atoms with Crippen molar-refractivity contribution in [1.82, 2.24) is 20.6 Å². The summed E-state index contributed by atoms with van der Waals surface area (Å²) in [5, 5.41) is 18.5. The summed E-state index contributed by atoms with van der Waals surface area (Å²) in [4.78, 5) is 30.3. The summed E-state index contributed by atoms with van der Waals surface area (Å²) in [5.41, 5.74) is 1.31. The summed E-state index contributed by atoms with van der Waals surface area (Å²) in [6, 6.07) is 0.0674. The third-order valence-corrected chi connectivity index (χ3v) is 7.50. The summed E-state index contributed by atoms with van der Waals surface area (Å²) in [5.74, 6) is 1.31. The Morgan fingerprint density at radius 2 is 1.97 bits per heavy atom. The van der Waals surface area contributed by atoms with Crippen molar-refractivity contribution >= 4 is 18.0 Å². The smallest absolute Gasteiger partial charge is 0.258 e. The van der Waals surface area contributed by atoms with E-state index in [-0.39, 0.29) is 23.8 Å². The molecule has 1 aromatic heterocycles. The Hall–Kier alpha value is -2.39. The summed E-state index contributed by atoms with van der Waals surface area (Å²) in [7, 11) is 1.39. The van der Waals surface area contributed by atoms with E-state index in [2.05, 4.69) is 15.9 Å². The maximum absolute atomic E-state index is 13.4. The van der Waals surface area contributed by atoms with E-state index in [0.29, 0.717) is 35.8 Å². The molecule has 1 aromatic rings. The Bertz CT molecular complexity index is 937. The van der Waals surface area contributed by atoms with Gasteiger partial charge in [0.1, 0.15) is 5.56 Å². The van der Waals surface area contributed by atoms with E-state index < -0.39 is 11.0 Å². The normalized spacial score (nSPS) is 30.2. The molecule has 5 rings (SSSR count). The van der Waals surface area contributed by atoms with Crippen molar-refractivity contribution < 1.29 is 24.3 Å². The first kappa shape index (κ1) is 24.7. The van der Waals surface area contributed by atoms with Crippen molar-refractivity contribution in [3.63, 3.8) is 0 Å². The van der Waals surface area contributed by atoms with Gasteiger partial charge in [-0.15, -0.1) is 0 Å². The number of nitrogens with one attached hydrogen (secondary N) is 2. The molecule has 2 amide bonds. The minimum absolute atomic E-state index is 0.0674. The number of amides is 2. The molecule has 1 heterocycles. The lowest BCUT2D eigenvalue weighted by atomic mass is 9.52. The molecule has 0 aliphatic heterocycles. The van der Waals surface area contributed by atoms with Crippen molar-refractivity contribution in [2.45, 2.75) is 71.4 Å². The predicted octanol–water partition coefficient (Wildman–Crippen LogP) is 2.76. The van der Waals surface area contributed by atoms with Gasteiger partial charge in [-0.1, -0.05) is 19.9 Å². The van der Waals surface area contributed by atoms with E-state index in [1.807, 2.05) is 13.8 Å². The molecule has 4 aliphatic rings. The van der Waals surface area contributed by atoms with Crippen molar-refractivity contribution in [2.75, 3.05) is 13.7 Å². The molecule has 9 heteroatoms. The molecule has 0 radical (unpaired) electrons. The van der Waals surface area contributed by atoms with Gasteiger partial charge in [-0.3, -0.25) is 14.4 Å². The van der Waals surface area contributed by atoms with Crippen molar-refractivity contribution in [2.24, 2.45) is 29.1 Å². The zero-order valence-corrected chi connectivity index (χ0v) is 20.8. The molecule has 4 saturated carbocycles. The third kappa shape index (κ3) is 5.00. The van der Waals surface area contributed by atoms with Crippen LogP contribution in [-0.4, -0.2) is 52.1 Å². The first-order valence-corrected chi connectivity index (χ1v) is 12.3. The number of aromatic nitrogens is 2. The molecular formula is C25H38N4O5. The largest absolute Gasteiger partial charge is 0.477 e. The Morgan fingerprint density at radius 1 is 1.29 bits per heavy atom. The van der Waals surface area contributed by atoms with Crippen molar-refractivity contribution in [3.8, 4) is 5.88 Å². The van der Waals surface area contributed by atoms with Crippen LogP contribution in [0.4, 0.5) is 0 Å². The van der Waals surface area contributed by atoms with Crippen LogP contribution in [0, 0.1) is 29.1 Å². The van der Waals surface area contributed by atoms with Gasteiger partial charge in [0.2, 0.25) is 5.88 Å². The zero-order valence-electron chi connectivity index (χ0n) is 20.8. The lowest BCUT2D eigenvalue weighted by Crippen LogP contribution is -2.61. The maximum atomic E-state index is 13.4. The monoisotopic (exact) mass is 474 g/mol. The zero-order chi connectivity index (χ0) is 24.7. The van der Waals surface area contributed by atoms with Crippen molar-refractivity contribution in [3.05, 3.63) is 17.8 Å². The van der Waals surface area contributed by atoms with Crippen LogP contribution in [0.1, 0.15) is 70.2 Å². The standard InChI is InChI=1S/C25H38N4O5/c1-15(2)14-34-22-19(13-26-29(22)7-6-24(3,4)23(31)28-33-5)21(30)27-20-17-8-16-9-18(20)12-25(32,10-16)11-17/h6-7,13,15-18,20,32H,8-12,14H2,1-5H3,(H,27,30)(H,28,31)/b7-6+. The number of carbonyl (C=O) groups is 2. The molecule has 3 N–H and O–H groups in total. The number of carbonyl (C=O) groups excluding carboxylic acids is 2. The number of nitrogens with zero attached hydrogens (tertiary/aromatic N) is 2. The quantitative estimate of drug-likeness (QED) is 0.474. The average molecular weight is 475 g/mol. The fraction of sp³-hybridized carbons (Fsp3) is 0.720. The van der Waals surface area contributed by atoms with Crippen LogP contribution >= 0.6 is 0 Å². The van der Waals surface area contributed by atoms with Crippen LogP contribution in [-0.2, 0) is 9.63 Å². The minimum Gasteiger partial charge on any atom is -0.477 e. The van der Waals surface area contributed by atoms with Gasteiger partial charge < -0.3 is 15.2 Å². The van der Waals surface area contributed by atoms with Gasteiger partial charge in [0.15, 0.2) is 0 Å². The van der Waals surface area contributed by atoms with Gasteiger partial charge in [-0.05, 0) is 69.6 Å². The molecule has 188 valence electrons.